The molecule has 0 aliphatic heterocycles. The molecule has 9 heavy (non-hydrogen) atoms. The molecule has 2 heteroatoms. The van der Waals surface area contributed by atoms with Gasteiger partial charge in [0.25, 0.3) is 0 Å². The van der Waals surface area contributed by atoms with Crippen LogP contribution >= 0.6 is 0 Å². The Morgan fingerprint density at radius 2 is 2.33 bits per heavy atom. The van der Waals surface area contributed by atoms with E-state index < -0.39 is 0 Å². The Morgan fingerprint density at radius 1 is 1.67 bits per heavy atom. The van der Waals surface area contributed by atoms with Crippen molar-refractivity contribution >= 4 is 5.91 Å². The average molecular weight is 127 g/mol. The highest BCUT2D eigenvalue weighted by molar-refractivity contribution is 5.75. The Labute approximate surface area is 56.0 Å². The minimum absolute atomic E-state index is 0.105. The zero-order valence-corrected chi connectivity index (χ0v) is 5.98. The molecule has 0 atom stereocenters. The van der Waals surface area contributed by atoms with E-state index >= 15 is 0 Å². The van der Waals surface area contributed by atoms with Gasteiger partial charge in [-0.05, 0) is 6.92 Å². The maximum Gasteiger partial charge on any atom is 0.219 e. The number of allylic oxidation sites excluding steroid dienone is 1. The van der Waals surface area contributed by atoms with E-state index in [-0.39, 0.29) is 5.91 Å². The van der Waals surface area contributed by atoms with Gasteiger partial charge in [-0.3, -0.25) is 4.79 Å². The van der Waals surface area contributed by atoms with E-state index in [4.69, 9.17) is 0 Å². The van der Waals surface area contributed by atoms with Gasteiger partial charge in [0.15, 0.2) is 0 Å². The highest BCUT2D eigenvalue weighted by Gasteiger charge is 1.89. The summed E-state index contributed by atoms with van der Waals surface area (Å²) in [7, 11) is 0. The topological polar surface area (TPSA) is 29.1 Å². The predicted octanol–water partition coefficient (Wildman–Crippen LogP) is 1.09. The molecule has 0 unspecified atom stereocenters. The summed E-state index contributed by atoms with van der Waals surface area (Å²) in [6.07, 6.45) is 4.39. The molecule has 0 aliphatic rings. The Kier molecular flexibility index (Phi) is 4.88. The van der Waals surface area contributed by atoms with Crippen molar-refractivity contribution in [3.63, 3.8) is 0 Å². The van der Waals surface area contributed by atoms with E-state index in [9.17, 15) is 4.79 Å². The first-order chi connectivity index (χ1) is 4.31. The third-order valence-electron chi connectivity index (χ3n) is 0.974. The van der Waals surface area contributed by atoms with Crippen LogP contribution in [-0.4, -0.2) is 12.5 Å². The van der Waals surface area contributed by atoms with Crippen LogP contribution in [0.2, 0.25) is 0 Å². The zero-order valence-electron chi connectivity index (χ0n) is 5.98. The van der Waals surface area contributed by atoms with Crippen molar-refractivity contribution in [1.82, 2.24) is 5.32 Å². The maximum atomic E-state index is 10.5. The fraction of sp³-hybridized carbons (Fsp3) is 0.571. The van der Waals surface area contributed by atoms with Crippen molar-refractivity contribution in [3.05, 3.63) is 12.2 Å². The second kappa shape index (κ2) is 5.35. The Morgan fingerprint density at radius 3 is 2.78 bits per heavy atom. The van der Waals surface area contributed by atoms with Crippen molar-refractivity contribution in [3.8, 4) is 0 Å². The van der Waals surface area contributed by atoms with Crippen LogP contribution in [0.1, 0.15) is 20.3 Å². The summed E-state index contributed by atoms with van der Waals surface area (Å²) in [5, 5.41) is 2.71. The third kappa shape index (κ3) is 5.07. The summed E-state index contributed by atoms with van der Waals surface area (Å²) in [6, 6.07) is 0. The maximum absolute atomic E-state index is 10.5. The Hall–Kier alpha value is -0.790. The molecule has 0 spiro atoms. The molecule has 2 nitrogen and oxygen atoms in total. The second-order valence-electron chi connectivity index (χ2n) is 1.73. The molecule has 0 radical (unpaired) electrons. The summed E-state index contributed by atoms with van der Waals surface area (Å²) < 4.78 is 0. The molecule has 0 aromatic carbocycles. The van der Waals surface area contributed by atoms with Gasteiger partial charge in [0.1, 0.15) is 0 Å². The summed E-state index contributed by atoms with van der Waals surface area (Å²) in [6.45, 7) is 4.42. The van der Waals surface area contributed by atoms with Gasteiger partial charge in [0.2, 0.25) is 5.91 Å². The lowest BCUT2D eigenvalue weighted by Gasteiger charge is -1.95. The van der Waals surface area contributed by atoms with Gasteiger partial charge < -0.3 is 5.32 Å². The lowest BCUT2D eigenvalue weighted by atomic mass is 10.4. The van der Waals surface area contributed by atoms with Gasteiger partial charge in [-0.15, -0.1) is 0 Å². The van der Waals surface area contributed by atoms with Gasteiger partial charge in [-0.1, -0.05) is 19.1 Å². The minimum atomic E-state index is 0.105. The monoisotopic (exact) mass is 127 g/mol. The fourth-order valence-electron chi connectivity index (χ4n) is 0.416. The molecule has 0 aromatic heterocycles. The molecule has 0 saturated heterocycles. The van der Waals surface area contributed by atoms with Crippen molar-refractivity contribution in [2.24, 2.45) is 0 Å². The molecular formula is C7H13NO. The molecule has 0 saturated carbocycles. The van der Waals surface area contributed by atoms with Crippen LogP contribution in [0, 0.1) is 0 Å². The van der Waals surface area contributed by atoms with E-state index in [0.29, 0.717) is 13.0 Å². The molecule has 0 bridgehead atoms. The van der Waals surface area contributed by atoms with Crippen LogP contribution in [-0.2, 0) is 4.79 Å². The second-order valence-corrected chi connectivity index (χ2v) is 1.73. The number of hydrogen-bond donors (Lipinski definition) is 1. The van der Waals surface area contributed by atoms with Crippen LogP contribution in [0.25, 0.3) is 0 Å². The first kappa shape index (κ1) is 8.21. The van der Waals surface area contributed by atoms with Gasteiger partial charge in [0, 0.05) is 13.0 Å². The van der Waals surface area contributed by atoms with E-state index in [1.807, 2.05) is 26.0 Å². The molecule has 0 aromatic rings. The van der Waals surface area contributed by atoms with Gasteiger partial charge in [-0.25, -0.2) is 0 Å². The standard InChI is InChI=1S/C7H13NO/c1-3-5-6-8-7(9)4-2/h3,5H,4,6H2,1-2H3,(H,8,9). The van der Waals surface area contributed by atoms with E-state index in [1.54, 1.807) is 0 Å². The summed E-state index contributed by atoms with van der Waals surface area (Å²) in [4.78, 5) is 10.5. The fourth-order valence-corrected chi connectivity index (χ4v) is 0.416. The predicted molar refractivity (Wildman–Crippen MR) is 38.1 cm³/mol. The highest BCUT2D eigenvalue weighted by atomic mass is 16.1. The molecular weight excluding hydrogens is 114 g/mol. The number of rotatable bonds is 3. The third-order valence-corrected chi connectivity index (χ3v) is 0.974. The van der Waals surface area contributed by atoms with Crippen LogP contribution < -0.4 is 5.32 Å². The van der Waals surface area contributed by atoms with Crippen LogP contribution in [0.3, 0.4) is 0 Å². The molecule has 0 heterocycles. The van der Waals surface area contributed by atoms with Crippen molar-refractivity contribution in [1.29, 1.82) is 0 Å². The van der Waals surface area contributed by atoms with Crippen LogP contribution in [0.4, 0.5) is 0 Å². The average Bonchev–Trinajstić information content (AvgIpc) is 1.89. The Bertz CT molecular complexity index is 107. The lowest BCUT2D eigenvalue weighted by Crippen LogP contribution is -2.21. The summed E-state index contributed by atoms with van der Waals surface area (Å²) >= 11 is 0. The number of carbonyl (C=O) groups excluding carboxylic acids is 1. The number of nitrogens with one attached hydrogen (secondary N) is 1. The smallest absolute Gasteiger partial charge is 0.219 e. The quantitative estimate of drug-likeness (QED) is 0.565. The largest absolute Gasteiger partial charge is 0.353 e. The van der Waals surface area contributed by atoms with Crippen molar-refractivity contribution in [2.75, 3.05) is 6.54 Å². The molecule has 0 fully saturated rings. The highest BCUT2D eigenvalue weighted by Crippen LogP contribution is 1.74. The zero-order chi connectivity index (χ0) is 7.11. The van der Waals surface area contributed by atoms with E-state index in [2.05, 4.69) is 5.32 Å². The van der Waals surface area contributed by atoms with Crippen molar-refractivity contribution in [2.45, 2.75) is 20.3 Å². The molecule has 0 rings (SSSR count). The van der Waals surface area contributed by atoms with Crippen molar-refractivity contribution < 1.29 is 4.79 Å². The van der Waals surface area contributed by atoms with Gasteiger partial charge in [0.05, 0.1) is 0 Å². The normalized spacial score (nSPS) is 10.0. The number of hydrogen-bond acceptors (Lipinski definition) is 1. The van der Waals surface area contributed by atoms with Gasteiger partial charge >= 0.3 is 0 Å². The summed E-state index contributed by atoms with van der Waals surface area (Å²) in [5.41, 5.74) is 0. The summed E-state index contributed by atoms with van der Waals surface area (Å²) in [5.74, 6) is 0.105. The minimum Gasteiger partial charge on any atom is -0.353 e. The van der Waals surface area contributed by atoms with E-state index in [0.717, 1.165) is 0 Å². The van der Waals surface area contributed by atoms with Gasteiger partial charge in [-0.2, -0.15) is 0 Å². The first-order valence-electron chi connectivity index (χ1n) is 3.19. The number of amides is 1. The van der Waals surface area contributed by atoms with Crippen LogP contribution in [0.5, 0.6) is 0 Å². The Balaban J connectivity index is 3.17. The molecule has 0 aliphatic carbocycles. The number of carbonyl (C=O) groups is 1. The molecule has 1 N–H and O–H groups in total. The molecule has 1 amide bonds. The first-order valence-corrected chi connectivity index (χ1v) is 3.19. The molecule has 52 valence electrons. The lowest BCUT2D eigenvalue weighted by molar-refractivity contribution is -0.120. The SMILES string of the molecule is CC=CCNC(=O)CC. The van der Waals surface area contributed by atoms with Crippen LogP contribution in [0.15, 0.2) is 12.2 Å². The van der Waals surface area contributed by atoms with E-state index in [1.165, 1.54) is 0 Å².